The minimum atomic E-state index is 0.0443. The van der Waals surface area contributed by atoms with Crippen LogP contribution in [0.4, 0.5) is 0 Å². The summed E-state index contributed by atoms with van der Waals surface area (Å²) in [5.74, 6) is 0. The van der Waals surface area contributed by atoms with Crippen LogP contribution in [-0.2, 0) is 0 Å². The number of nitrogens with zero attached hydrogens (tertiary/aromatic N) is 1. The van der Waals surface area contributed by atoms with Crippen LogP contribution in [0.1, 0.15) is 110 Å². The van der Waals surface area contributed by atoms with Crippen LogP contribution in [0, 0.1) is 16.7 Å². The van der Waals surface area contributed by atoms with Crippen molar-refractivity contribution >= 4 is 0 Å². The van der Waals surface area contributed by atoms with Crippen molar-refractivity contribution in [3.8, 4) is 6.07 Å². The zero-order chi connectivity index (χ0) is 14.5. The minimum absolute atomic E-state index is 0.0443. The Bertz CT molecular complexity index is 255. The Kier molecular flexibility index (Phi) is 9.81. The van der Waals surface area contributed by atoms with Crippen LogP contribution in [0.25, 0.3) is 0 Å². The number of rotatable bonds is 9. The molecule has 1 heteroatoms. The van der Waals surface area contributed by atoms with E-state index in [-0.39, 0.29) is 5.41 Å². The summed E-state index contributed by atoms with van der Waals surface area (Å²) in [6, 6.07) is 2.70. The van der Waals surface area contributed by atoms with Crippen molar-refractivity contribution in [3.05, 3.63) is 0 Å². The third kappa shape index (κ3) is 7.32. The van der Waals surface area contributed by atoms with Gasteiger partial charge in [-0.05, 0) is 19.3 Å². The standard InChI is InChI=1S/C19H35N/c1-2-3-4-5-6-7-9-12-15-19(18-20)16-13-10-8-11-14-17-19/h2-17H2,1H3. The van der Waals surface area contributed by atoms with Crippen LogP contribution in [0.3, 0.4) is 0 Å². The van der Waals surface area contributed by atoms with Crippen molar-refractivity contribution in [2.24, 2.45) is 5.41 Å². The molecule has 0 heterocycles. The summed E-state index contributed by atoms with van der Waals surface area (Å²) < 4.78 is 0. The normalized spacial score (nSPS) is 19.0. The monoisotopic (exact) mass is 277 g/mol. The van der Waals surface area contributed by atoms with Gasteiger partial charge in [0.05, 0.1) is 11.5 Å². The van der Waals surface area contributed by atoms with Gasteiger partial charge in [0.1, 0.15) is 0 Å². The maximum Gasteiger partial charge on any atom is 0.0689 e. The summed E-state index contributed by atoms with van der Waals surface area (Å²) in [7, 11) is 0. The topological polar surface area (TPSA) is 23.8 Å². The quantitative estimate of drug-likeness (QED) is 0.426. The lowest BCUT2D eigenvalue weighted by Gasteiger charge is -2.28. The third-order valence-electron chi connectivity index (χ3n) is 5.06. The van der Waals surface area contributed by atoms with Crippen molar-refractivity contribution in [3.63, 3.8) is 0 Å². The first-order chi connectivity index (χ1) is 9.83. The van der Waals surface area contributed by atoms with E-state index in [0.29, 0.717) is 0 Å². The van der Waals surface area contributed by atoms with Gasteiger partial charge in [0.2, 0.25) is 0 Å². The molecule has 1 rings (SSSR count). The molecule has 0 spiro atoms. The highest BCUT2D eigenvalue weighted by atomic mass is 14.4. The zero-order valence-corrected chi connectivity index (χ0v) is 13.8. The van der Waals surface area contributed by atoms with Crippen molar-refractivity contribution in [2.75, 3.05) is 0 Å². The van der Waals surface area contributed by atoms with Crippen LogP contribution in [0.5, 0.6) is 0 Å². The molecule has 0 aromatic rings. The molecule has 116 valence electrons. The molecule has 0 bridgehead atoms. The molecule has 0 N–H and O–H groups in total. The molecular formula is C19H35N. The Balaban J connectivity index is 2.12. The molecule has 1 nitrogen and oxygen atoms in total. The molecule has 20 heavy (non-hydrogen) atoms. The summed E-state index contributed by atoms with van der Waals surface area (Å²) in [5, 5.41) is 9.61. The molecule has 1 aliphatic carbocycles. The Labute approximate surface area is 127 Å². The lowest BCUT2D eigenvalue weighted by atomic mass is 9.74. The molecule has 0 aromatic carbocycles. The first kappa shape index (κ1) is 17.5. The lowest BCUT2D eigenvalue weighted by molar-refractivity contribution is 0.260. The molecule has 0 unspecified atom stereocenters. The molecule has 0 aromatic heterocycles. The van der Waals surface area contributed by atoms with Crippen LogP contribution in [0.15, 0.2) is 0 Å². The summed E-state index contributed by atoms with van der Waals surface area (Å²) in [4.78, 5) is 0. The van der Waals surface area contributed by atoms with E-state index in [1.54, 1.807) is 0 Å². The molecule has 1 fully saturated rings. The average Bonchev–Trinajstić information content (AvgIpc) is 2.44. The van der Waals surface area contributed by atoms with Crippen LogP contribution in [0.2, 0.25) is 0 Å². The van der Waals surface area contributed by atoms with E-state index in [9.17, 15) is 5.26 Å². The number of hydrogen-bond donors (Lipinski definition) is 0. The molecular weight excluding hydrogens is 242 g/mol. The van der Waals surface area contributed by atoms with Crippen LogP contribution < -0.4 is 0 Å². The van der Waals surface area contributed by atoms with Gasteiger partial charge in [-0.25, -0.2) is 0 Å². The SMILES string of the molecule is CCCCCCCCCCC1(C#N)CCCCCCC1. The van der Waals surface area contributed by atoms with Gasteiger partial charge in [-0.1, -0.05) is 90.4 Å². The Hall–Kier alpha value is -0.510. The first-order valence-corrected chi connectivity index (χ1v) is 9.24. The van der Waals surface area contributed by atoms with E-state index in [1.807, 2.05) is 0 Å². The maximum absolute atomic E-state index is 9.61. The molecule has 0 aliphatic heterocycles. The van der Waals surface area contributed by atoms with E-state index in [1.165, 1.54) is 103 Å². The highest BCUT2D eigenvalue weighted by molar-refractivity contribution is 4.99. The summed E-state index contributed by atoms with van der Waals surface area (Å²) >= 11 is 0. The number of nitriles is 1. The van der Waals surface area contributed by atoms with E-state index in [0.717, 1.165) is 0 Å². The van der Waals surface area contributed by atoms with E-state index in [4.69, 9.17) is 0 Å². The van der Waals surface area contributed by atoms with Crippen molar-refractivity contribution in [2.45, 2.75) is 110 Å². The van der Waals surface area contributed by atoms with Gasteiger partial charge in [-0.2, -0.15) is 5.26 Å². The maximum atomic E-state index is 9.61. The molecule has 0 radical (unpaired) electrons. The Morgan fingerprint density at radius 1 is 0.750 bits per heavy atom. The molecule has 0 amide bonds. The molecule has 0 atom stereocenters. The van der Waals surface area contributed by atoms with Crippen molar-refractivity contribution < 1.29 is 0 Å². The lowest BCUT2D eigenvalue weighted by Crippen LogP contribution is -2.20. The summed E-state index contributed by atoms with van der Waals surface area (Å²) in [6.07, 6.45) is 21.1. The van der Waals surface area contributed by atoms with E-state index >= 15 is 0 Å². The van der Waals surface area contributed by atoms with Gasteiger partial charge in [-0.3, -0.25) is 0 Å². The van der Waals surface area contributed by atoms with Gasteiger partial charge in [0.25, 0.3) is 0 Å². The summed E-state index contributed by atoms with van der Waals surface area (Å²) in [6.45, 7) is 2.27. The molecule has 1 aliphatic rings. The number of hydrogen-bond acceptors (Lipinski definition) is 1. The van der Waals surface area contributed by atoms with Crippen molar-refractivity contribution in [1.29, 1.82) is 5.26 Å². The van der Waals surface area contributed by atoms with E-state index < -0.39 is 0 Å². The van der Waals surface area contributed by atoms with Gasteiger partial charge >= 0.3 is 0 Å². The van der Waals surface area contributed by atoms with E-state index in [2.05, 4.69) is 13.0 Å². The van der Waals surface area contributed by atoms with Gasteiger partial charge in [0, 0.05) is 0 Å². The number of unbranched alkanes of at least 4 members (excludes halogenated alkanes) is 7. The predicted octanol–water partition coefficient (Wildman–Crippen LogP) is 6.77. The largest absolute Gasteiger partial charge is 0.198 e. The fourth-order valence-corrected chi connectivity index (χ4v) is 3.60. The first-order valence-electron chi connectivity index (χ1n) is 9.24. The smallest absolute Gasteiger partial charge is 0.0689 e. The fraction of sp³-hybridized carbons (Fsp3) is 0.947. The zero-order valence-electron chi connectivity index (χ0n) is 13.8. The second-order valence-electron chi connectivity index (χ2n) is 6.88. The third-order valence-corrected chi connectivity index (χ3v) is 5.06. The molecule has 1 saturated carbocycles. The average molecular weight is 277 g/mol. The van der Waals surface area contributed by atoms with Gasteiger partial charge in [0.15, 0.2) is 0 Å². The highest BCUT2D eigenvalue weighted by Crippen LogP contribution is 2.38. The van der Waals surface area contributed by atoms with Gasteiger partial charge < -0.3 is 0 Å². The predicted molar refractivity (Wildman–Crippen MR) is 87.6 cm³/mol. The summed E-state index contributed by atoms with van der Waals surface area (Å²) in [5.41, 5.74) is 0.0443. The van der Waals surface area contributed by atoms with Crippen LogP contribution in [-0.4, -0.2) is 0 Å². The second-order valence-corrected chi connectivity index (χ2v) is 6.88. The molecule has 0 saturated heterocycles. The van der Waals surface area contributed by atoms with Crippen LogP contribution >= 0.6 is 0 Å². The van der Waals surface area contributed by atoms with Gasteiger partial charge in [-0.15, -0.1) is 0 Å². The van der Waals surface area contributed by atoms with Crippen molar-refractivity contribution in [1.82, 2.24) is 0 Å². The minimum Gasteiger partial charge on any atom is -0.198 e. The Morgan fingerprint density at radius 2 is 1.25 bits per heavy atom. The second kappa shape index (κ2) is 11.2. The highest BCUT2D eigenvalue weighted by Gasteiger charge is 2.29. The fourth-order valence-electron chi connectivity index (χ4n) is 3.60. The Morgan fingerprint density at radius 3 is 1.80 bits per heavy atom.